The molecule has 9 aromatic carbocycles. The molecule has 9 aromatic rings. The minimum atomic E-state index is -5.28. The van der Waals surface area contributed by atoms with Gasteiger partial charge in [-0.25, -0.2) is 19.2 Å². The van der Waals surface area contributed by atoms with Crippen LogP contribution >= 0.6 is 0 Å². The van der Waals surface area contributed by atoms with Crippen LogP contribution in [0.2, 0.25) is 0 Å². The quantitative estimate of drug-likeness (QED) is 0.00925. The van der Waals surface area contributed by atoms with E-state index in [1.54, 1.807) is 0 Å². The summed E-state index contributed by atoms with van der Waals surface area (Å²) in [5.74, 6) is -15.4. The number of ether oxygens (including phenoxy) is 12. The number of benzene rings is 9. The highest BCUT2D eigenvalue weighted by atomic mass is 19.4. The van der Waals surface area contributed by atoms with Gasteiger partial charge in [-0.15, -0.1) is 0 Å². The number of halogens is 6. The number of hydrogen-bond donors (Lipinski definition) is 0. The van der Waals surface area contributed by atoms with Gasteiger partial charge >= 0.3 is 36.2 Å². The zero-order valence-corrected chi connectivity index (χ0v) is 57.1. The Morgan fingerprint density at radius 2 is 0.611 bits per heavy atom. The van der Waals surface area contributed by atoms with Crippen molar-refractivity contribution in [3.63, 3.8) is 0 Å². The van der Waals surface area contributed by atoms with E-state index < -0.39 is 177 Å². The Hall–Kier alpha value is -12.0. The largest absolute Gasteiger partial charge is 0.465 e. The minimum absolute atomic E-state index is 0.122. The monoisotopic (exact) mass is 1490 g/mol. The second-order valence-electron chi connectivity index (χ2n) is 26.1. The van der Waals surface area contributed by atoms with Crippen LogP contribution in [0.25, 0.3) is 43.1 Å². The SMILES string of the molecule is COC(=O)c1cccc(Oc2cc3c4c(cc(Oc5cccc(C(=O)OC)c5)c5c6c(Oc7cccc(C(=O)OC)c7)cc7c8c(cc(Oc9cccc(C(=O)OC)c9)c(c2c45)c86)C(=O)N(C(CC(F)(F)F)C(=O)N(CC2CO2)CC2CO2)C7=O)C(=O)N(C(CC(F)(F)F)C(=O)N(CC2CO2)CC2CO2)C3=O)c1. The lowest BCUT2D eigenvalue weighted by Crippen LogP contribution is -2.57. The number of rotatable bonds is 26. The number of carbonyl (C=O) groups is 10. The molecule has 0 bridgehead atoms. The number of amides is 6. The average molecular weight is 1490 g/mol. The van der Waals surface area contributed by atoms with Gasteiger partial charge < -0.3 is 66.6 Å². The van der Waals surface area contributed by atoms with Crippen LogP contribution in [0.3, 0.4) is 0 Å². The van der Waals surface area contributed by atoms with Crippen molar-refractivity contribution in [2.24, 2.45) is 0 Å². The number of alkyl halides is 6. The topological polar surface area (TPSA) is 308 Å². The molecule has 556 valence electrons. The van der Waals surface area contributed by atoms with Crippen molar-refractivity contribution < 1.29 is 131 Å². The molecule has 6 heterocycles. The van der Waals surface area contributed by atoms with Crippen LogP contribution in [-0.4, -0.2) is 209 Å². The van der Waals surface area contributed by atoms with Crippen molar-refractivity contribution in [3.05, 3.63) is 166 Å². The number of nitrogens with zero attached hydrogens (tertiary/aromatic N) is 4. The first-order chi connectivity index (χ1) is 51.7. The molecule has 6 unspecified atom stereocenters. The molecule has 0 N–H and O–H groups in total. The van der Waals surface area contributed by atoms with Gasteiger partial charge in [-0.1, -0.05) is 24.3 Å². The molecular formula is C76H58F6N4O22. The van der Waals surface area contributed by atoms with Gasteiger partial charge in [0, 0.05) is 69.3 Å². The average Bonchev–Trinajstić information content (AvgIpc) is 1.22. The van der Waals surface area contributed by atoms with Crippen LogP contribution in [0.5, 0.6) is 46.0 Å². The van der Waals surface area contributed by atoms with Crippen LogP contribution in [0.15, 0.2) is 121 Å². The zero-order valence-electron chi connectivity index (χ0n) is 57.1. The zero-order chi connectivity index (χ0) is 76.1. The van der Waals surface area contributed by atoms with Gasteiger partial charge in [-0.3, -0.25) is 38.6 Å². The van der Waals surface area contributed by atoms with Gasteiger partial charge in [-0.2, -0.15) is 26.3 Å². The molecule has 15 rings (SSSR count). The second kappa shape index (κ2) is 27.7. The maximum atomic E-state index is 16.2. The maximum Gasteiger partial charge on any atom is 0.391 e. The standard InChI is InChI=1S/C76H58F6N4O22/c1-97-71(93)35-9-5-13-39(17-35)105-53-21-47-57-48(66(88)85(65(47)87)51(25-75(77,78)79)69(91)83(27-43-31-101-43)28-44-32-102-44)23-55(107-41-15-7-11-37(19-41)73(95)99-3)61-62-56(108-42-16-8-12-38(20-42)74(96)100-4)24-50-58-49(22-54(60(64(58)62)59(53)63(57)61)106-40-14-6-10-36(18-40)72(94)98-2)67(89)86(68(50)90)52(26-76(80,81)82)70(92)84(29-45-33-103-45)30-46-34-104-46/h5-24,43-46,51-52H,25-34H2,1-4H3. The molecule has 0 saturated carbocycles. The summed E-state index contributed by atoms with van der Waals surface area (Å²) < 4.78 is 162. The number of epoxide rings is 4. The van der Waals surface area contributed by atoms with Crippen molar-refractivity contribution in [1.29, 1.82) is 0 Å². The third-order valence-electron chi connectivity index (χ3n) is 18.9. The van der Waals surface area contributed by atoms with Gasteiger partial charge in [-0.05, 0) is 97.1 Å². The Bertz CT molecular complexity index is 4720. The summed E-state index contributed by atoms with van der Waals surface area (Å²) in [7, 11) is 4.35. The highest BCUT2D eigenvalue weighted by Crippen LogP contribution is 2.59. The molecule has 0 radical (unpaired) electrons. The van der Waals surface area contributed by atoms with E-state index in [1.165, 1.54) is 97.1 Å². The van der Waals surface area contributed by atoms with Crippen LogP contribution in [-0.2, 0) is 47.5 Å². The van der Waals surface area contributed by atoms with Gasteiger partial charge in [0.1, 0.15) is 58.1 Å². The molecule has 6 atom stereocenters. The summed E-state index contributed by atoms with van der Waals surface area (Å²) in [5.41, 5.74) is -3.11. The molecule has 0 spiro atoms. The fourth-order valence-electron chi connectivity index (χ4n) is 13.8. The van der Waals surface area contributed by atoms with Crippen molar-refractivity contribution >= 4 is 102 Å². The molecule has 108 heavy (non-hydrogen) atoms. The lowest BCUT2D eigenvalue weighted by molar-refractivity contribution is -0.159. The Labute approximate surface area is 605 Å². The summed E-state index contributed by atoms with van der Waals surface area (Å²) in [5, 5.41) is -2.76. The highest BCUT2D eigenvalue weighted by molar-refractivity contribution is 6.45. The summed E-state index contributed by atoms with van der Waals surface area (Å²) in [6.07, 6.45) is -17.3. The van der Waals surface area contributed by atoms with Crippen molar-refractivity contribution in [2.45, 2.75) is 61.7 Å². The number of hydrogen-bond acceptors (Lipinski definition) is 22. The molecular weight excluding hydrogens is 1430 g/mol. The maximum absolute atomic E-state index is 16.2. The van der Waals surface area contributed by atoms with Crippen LogP contribution in [0.1, 0.15) is 95.7 Å². The number of esters is 4. The summed E-state index contributed by atoms with van der Waals surface area (Å²) >= 11 is 0. The van der Waals surface area contributed by atoms with E-state index in [0.29, 0.717) is 0 Å². The van der Waals surface area contributed by atoms with Crippen molar-refractivity contribution in [3.8, 4) is 46.0 Å². The van der Waals surface area contributed by atoms with E-state index >= 15 is 55.1 Å². The Morgan fingerprint density at radius 3 is 0.815 bits per heavy atom. The normalized spacial score (nSPS) is 18.2. The highest BCUT2D eigenvalue weighted by Gasteiger charge is 2.53. The molecule has 0 aliphatic carbocycles. The lowest BCUT2D eigenvalue weighted by atomic mass is 9.80. The van der Waals surface area contributed by atoms with Crippen LogP contribution in [0.4, 0.5) is 26.3 Å². The molecule has 4 saturated heterocycles. The Kier molecular flexibility index (Phi) is 18.4. The van der Waals surface area contributed by atoms with Crippen molar-refractivity contribution in [1.82, 2.24) is 19.6 Å². The minimum Gasteiger partial charge on any atom is -0.465 e. The van der Waals surface area contributed by atoms with Gasteiger partial charge in [0.15, 0.2) is 0 Å². The Balaban J connectivity index is 1.10. The van der Waals surface area contributed by atoms with Crippen LogP contribution in [0, 0.1) is 0 Å². The molecule has 32 heteroatoms. The molecule has 6 aliphatic rings. The number of imide groups is 2. The number of carbonyl (C=O) groups excluding carboxylic acids is 10. The van der Waals surface area contributed by atoms with Crippen molar-refractivity contribution in [2.75, 3.05) is 81.0 Å². The lowest BCUT2D eigenvalue weighted by Gasteiger charge is -2.37. The van der Waals surface area contributed by atoms with E-state index in [2.05, 4.69) is 0 Å². The van der Waals surface area contributed by atoms with Crippen LogP contribution < -0.4 is 18.9 Å². The third-order valence-corrected chi connectivity index (χ3v) is 18.9. The summed E-state index contributed by atoms with van der Waals surface area (Å²) in [4.78, 5) is 151. The van der Waals surface area contributed by atoms with E-state index in [-0.39, 0.29) is 140 Å². The predicted octanol–water partition coefficient (Wildman–Crippen LogP) is 11.1. The predicted molar refractivity (Wildman–Crippen MR) is 361 cm³/mol. The fraction of sp³-hybridized carbons (Fsp3) is 0.289. The first kappa shape index (κ1) is 71.6. The molecule has 4 fully saturated rings. The Morgan fingerprint density at radius 1 is 0.380 bits per heavy atom. The molecule has 26 nitrogen and oxygen atoms in total. The number of fused-ring (bicyclic) bond motifs is 2. The fourth-order valence-corrected chi connectivity index (χ4v) is 13.8. The van der Waals surface area contributed by atoms with Gasteiger partial charge in [0.25, 0.3) is 23.6 Å². The summed E-state index contributed by atoms with van der Waals surface area (Å²) in [6.45, 7) is -0.610. The smallest absolute Gasteiger partial charge is 0.391 e. The number of methoxy groups -OCH3 is 4. The van der Waals surface area contributed by atoms with E-state index in [9.17, 15) is 19.2 Å². The molecule has 0 aromatic heterocycles. The van der Waals surface area contributed by atoms with E-state index in [4.69, 9.17) is 56.8 Å². The first-order valence-electron chi connectivity index (χ1n) is 33.4. The summed E-state index contributed by atoms with van der Waals surface area (Å²) in [6, 6.07) is 19.7. The third kappa shape index (κ3) is 13.9. The van der Waals surface area contributed by atoms with Gasteiger partial charge in [0.2, 0.25) is 11.8 Å². The second-order valence-corrected chi connectivity index (χ2v) is 26.1. The van der Waals surface area contributed by atoms with Gasteiger partial charge in [0.05, 0.1) is 137 Å². The van der Waals surface area contributed by atoms with E-state index in [0.717, 1.165) is 62.5 Å². The first-order valence-corrected chi connectivity index (χ1v) is 33.4. The molecule has 6 aliphatic heterocycles. The van der Waals surface area contributed by atoms with E-state index in [1.807, 2.05) is 0 Å². The molecule has 6 amide bonds.